The number of carbonyl (C=O) groups excluding carboxylic acids is 1. The minimum Gasteiger partial charge on any atom is -0.394 e. The number of halogens is 1. The Morgan fingerprint density at radius 1 is 1.35 bits per heavy atom. The zero-order valence-electron chi connectivity index (χ0n) is 11.9. The third-order valence-corrected chi connectivity index (χ3v) is 4.41. The van der Waals surface area contributed by atoms with Crippen LogP contribution in [0.5, 0.6) is 0 Å². The first-order valence-electron chi connectivity index (χ1n) is 7.22. The first kappa shape index (κ1) is 15.3. The molecule has 1 fully saturated rings. The number of amides is 1. The molecule has 110 valence electrons. The van der Waals surface area contributed by atoms with Gasteiger partial charge < -0.3 is 10.4 Å². The monoisotopic (exact) mass is 295 g/mol. The van der Waals surface area contributed by atoms with E-state index in [0.717, 1.165) is 31.2 Å². The number of nitrogens with one attached hydrogen (secondary N) is 1. The lowest BCUT2D eigenvalue weighted by molar-refractivity contribution is -0.127. The second-order valence-corrected chi connectivity index (χ2v) is 6.30. The van der Waals surface area contributed by atoms with E-state index in [1.807, 2.05) is 31.2 Å². The van der Waals surface area contributed by atoms with Gasteiger partial charge >= 0.3 is 0 Å². The molecule has 0 radical (unpaired) electrons. The van der Waals surface area contributed by atoms with Crippen molar-refractivity contribution in [3.63, 3.8) is 0 Å². The number of benzene rings is 1. The number of hydrogen-bond acceptors (Lipinski definition) is 2. The molecule has 0 heterocycles. The second-order valence-electron chi connectivity index (χ2n) is 5.87. The maximum atomic E-state index is 12.3. The van der Waals surface area contributed by atoms with Gasteiger partial charge in [0, 0.05) is 10.9 Å². The van der Waals surface area contributed by atoms with E-state index in [9.17, 15) is 9.90 Å². The fourth-order valence-electron chi connectivity index (χ4n) is 2.83. The van der Waals surface area contributed by atoms with E-state index in [-0.39, 0.29) is 24.0 Å². The molecule has 1 amide bonds. The van der Waals surface area contributed by atoms with E-state index in [2.05, 4.69) is 5.32 Å². The number of hydrogen-bond donors (Lipinski definition) is 2. The molecule has 1 saturated carbocycles. The van der Waals surface area contributed by atoms with Crippen LogP contribution >= 0.6 is 11.6 Å². The van der Waals surface area contributed by atoms with Gasteiger partial charge in [0.1, 0.15) is 0 Å². The Morgan fingerprint density at radius 2 is 1.95 bits per heavy atom. The Bertz CT molecular complexity index is 452. The number of rotatable bonds is 5. The molecule has 1 atom stereocenters. The third kappa shape index (κ3) is 3.74. The molecule has 0 bridgehead atoms. The minimum absolute atomic E-state index is 0.0240. The molecule has 4 heteroatoms. The van der Waals surface area contributed by atoms with Crippen molar-refractivity contribution in [3.05, 3.63) is 34.9 Å². The van der Waals surface area contributed by atoms with E-state index in [1.54, 1.807) is 0 Å². The van der Waals surface area contributed by atoms with Gasteiger partial charge in [0.2, 0.25) is 5.91 Å². The summed E-state index contributed by atoms with van der Waals surface area (Å²) in [7, 11) is 0. The highest BCUT2D eigenvalue weighted by Crippen LogP contribution is 2.29. The molecule has 1 aliphatic rings. The smallest absolute Gasteiger partial charge is 0.223 e. The fourth-order valence-corrected chi connectivity index (χ4v) is 2.95. The highest BCUT2D eigenvalue weighted by Gasteiger charge is 2.35. The van der Waals surface area contributed by atoms with E-state index >= 15 is 0 Å². The van der Waals surface area contributed by atoms with Crippen molar-refractivity contribution in [3.8, 4) is 0 Å². The maximum Gasteiger partial charge on any atom is 0.223 e. The average molecular weight is 296 g/mol. The average Bonchev–Trinajstić information content (AvgIpc) is 2.90. The number of carbonyl (C=O) groups is 1. The standard InChI is InChI=1S/C16H22ClNO2/c1-12(10-13-4-6-14(17)7-5-13)15(20)18-16(11-19)8-2-3-9-16/h4-7,12,19H,2-3,8-11H2,1H3,(H,18,20). The molecule has 20 heavy (non-hydrogen) atoms. The van der Waals surface area contributed by atoms with Crippen LogP contribution in [0.15, 0.2) is 24.3 Å². The molecule has 2 N–H and O–H groups in total. The van der Waals surface area contributed by atoms with Crippen LogP contribution in [-0.2, 0) is 11.2 Å². The normalized spacial score (nSPS) is 18.8. The molecule has 0 spiro atoms. The van der Waals surface area contributed by atoms with Crippen molar-refractivity contribution in [1.82, 2.24) is 5.32 Å². The van der Waals surface area contributed by atoms with Crippen molar-refractivity contribution in [2.75, 3.05) is 6.61 Å². The Hall–Kier alpha value is -1.06. The van der Waals surface area contributed by atoms with Crippen molar-refractivity contribution in [2.45, 2.75) is 44.6 Å². The summed E-state index contributed by atoms with van der Waals surface area (Å²) in [4.78, 5) is 12.3. The van der Waals surface area contributed by atoms with Gasteiger partial charge in [-0.2, -0.15) is 0 Å². The first-order chi connectivity index (χ1) is 9.54. The highest BCUT2D eigenvalue weighted by atomic mass is 35.5. The Balaban J connectivity index is 1.93. The van der Waals surface area contributed by atoms with Gasteiger partial charge in [-0.3, -0.25) is 4.79 Å². The quantitative estimate of drug-likeness (QED) is 0.877. The minimum atomic E-state index is -0.384. The van der Waals surface area contributed by atoms with Crippen LogP contribution in [0.1, 0.15) is 38.2 Å². The van der Waals surface area contributed by atoms with Crippen LogP contribution in [0.3, 0.4) is 0 Å². The van der Waals surface area contributed by atoms with Gasteiger partial charge in [0.05, 0.1) is 12.1 Å². The predicted molar refractivity (Wildman–Crippen MR) is 80.7 cm³/mol. The zero-order valence-corrected chi connectivity index (χ0v) is 12.6. The van der Waals surface area contributed by atoms with Crippen LogP contribution < -0.4 is 5.32 Å². The number of aliphatic hydroxyl groups excluding tert-OH is 1. The maximum absolute atomic E-state index is 12.3. The van der Waals surface area contributed by atoms with Crippen molar-refractivity contribution in [2.24, 2.45) is 5.92 Å². The van der Waals surface area contributed by atoms with Crippen LogP contribution in [0.25, 0.3) is 0 Å². The predicted octanol–water partition coefficient (Wildman–Crippen LogP) is 2.94. The van der Waals surface area contributed by atoms with Crippen molar-refractivity contribution >= 4 is 17.5 Å². The molecular weight excluding hydrogens is 274 g/mol. The summed E-state index contributed by atoms with van der Waals surface area (Å²) in [6.45, 7) is 1.95. The van der Waals surface area contributed by atoms with Crippen molar-refractivity contribution in [1.29, 1.82) is 0 Å². The lowest BCUT2D eigenvalue weighted by Gasteiger charge is -2.29. The Labute approximate surface area is 125 Å². The van der Waals surface area contributed by atoms with Crippen LogP contribution in [-0.4, -0.2) is 23.2 Å². The largest absolute Gasteiger partial charge is 0.394 e. The zero-order chi connectivity index (χ0) is 14.6. The molecule has 1 aliphatic carbocycles. The van der Waals surface area contributed by atoms with Gasteiger partial charge in [-0.25, -0.2) is 0 Å². The number of aliphatic hydroxyl groups is 1. The van der Waals surface area contributed by atoms with Crippen LogP contribution in [0.4, 0.5) is 0 Å². The van der Waals surface area contributed by atoms with Gasteiger partial charge in [-0.1, -0.05) is 43.5 Å². The van der Waals surface area contributed by atoms with Gasteiger partial charge in [0.25, 0.3) is 0 Å². The lowest BCUT2D eigenvalue weighted by atomic mass is 9.95. The molecule has 1 aromatic carbocycles. The summed E-state index contributed by atoms with van der Waals surface area (Å²) in [6, 6.07) is 7.58. The van der Waals surface area contributed by atoms with E-state index in [1.165, 1.54) is 0 Å². The third-order valence-electron chi connectivity index (χ3n) is 4.15. The summed E-state index contributed by atoms with van der Waals surface area (Å²) in [5.41, 5.74) is 0.715. The van der Waals surface area contributed by atoms with Crippen LogP contribution in [0, 0.1) is 5.92 Å². The van der Waals surface area contributed by atoms with E-state index in [0.29, 0.717) is 11.4 Å². The molecule has 0 saturated heterocycles. The molecule has 3 nitrogen and oxygen atoms in total. The highest BCUT2D eigenvalue weighted by molar-refractivity contribution is 6.30. The van der Waals surface area contributed by atoms with Crippen LogP contribution in [0.2, 0.25) is 5.02 Å². The van der Waals surface area contributed by atoms with Gasteiger partial charge in [0.15, 0.2) is 0 Å². The first-order valence-corrected chi connectivity index (χ1v) is 7.60. The summed E-state index contributed by atoms with van der Waals surface area (Å²) < 4.78 is 0. The van der Waals surface area contributed by atoms with Gasteiger partial charge in [-0.15, -0.1) is 0 Å². The van der Waals surface area contributed by atoms with E-state index < -0.39 is 0 Å². The summed E-state index contributed by atoms with van der Waals surface area (Å²) in [6.07, 6.45) is 4.59. The van der Waals surface area contributed by atoms with Crippen molar-refractivity contribution < 1.29 is 9.90 Å². The Morgan fingerprint density at radius 3 is 2.50 bits per heavy atom. The fraction of sp³-hybridized carbons (Fsp3) is 0.562. The lowest BCUT2D eigenvalue weighted by Crippen LogP contribution is -2.51. The molecule has 1 aromatic rings. The second kappa shape index (κ2) is 6.59. The molecular formula is C16H22ClNO2. The Kier molecular flexibility index (Phi) is 5.06. The molecule has 2 rings (SSSR count). The molecule has 0 aliphatic heterocycles. The van der Waals surface area contributed by atoms with E-state index in [4.69, 9.17) is 11.6 Å². The van der Waals surface area contributed by atoms with Gasteiger partial charge in [-0.05, 0) is 37.0 Å². The topological polar surface area (TPSA) is 49.3 Å². The summed E-state index contributed by atoms with van der Waals surface area (Å²) in [5, 5.41) is 13.3. The molecule has 1 unspecified atom stereocenters. The molecule has 0 aromatic heterocycles. The summed E-state index contributed by atoms with van der Waals surface area (Å²) >= 11 is 5.85. The summed E-state index contributed by atoms with van der Waals surface area (Å²) in [5.74, 6) is -0.0869. The SMILES string of the molecule is CC(Cc1ccc(Cl)cc1)C(=O)NC1(CO)CCCC1.